The largest absolute Gasteiger partial charge is 0.467 e. The van der Waals surface area contributed by atoms with Crippen LogP contribution in [0.5, 0.6) is 0 Å². The van der Waals surface area contributed by atoms with Gasteiger partial charge in [-0.3, -0.25) is 9.59 Å². The molecule has 0 aliphatic heterocycles. The molecule has 0 saturated heterocycles. The molecular weight excluding hydrogens is 288 g/mol. The number of carbonyl (C=O) groups excluding carboxylic acids is 2. The van der Waals surface area contributed by atoms with E-state index in [-0.39, 0.29) is 18.4 Å². The first-order valence-corrected chi connectivity index (χ1v) is 7.63. The van der Waals surface area contributed by atoms with Gasteiger partial charge in [-0.2, -0.15) is 0 Å². The zero-order valence-electron chi connectivity index (χ0n) is 11.6. The van der Waals surface area contributed by atoms with Gasteiger partial charge >= 0.3 is 0 Å². The number of rotatable bonds is 6. The van der Waals surface area contributed by atoms with E-state index in [1.54, 1.807) is 42.3 Å². The summed E-state index contributed by atoms with van der Waals surface area (Å²) in [5.41, 5.74) is 0.534. The van der Waals surface area contributed by atoms with Crippen molar-refractivity contribution in [3.8, 4) is 0 Å². The summed E-state index contributed by atoms with van der Waals surface area (Å²) >= 11 is 1.61. The van der Waals surface area contributed by atoms with Crippen molar-refractivity contribution in [2.75, 3.05) is 12.8 Å². The molecule has 110 valence electrons. The predicted molar refractivity (Wildman–Crippen MR) is 81.1 cm³/mol. The Kier molecular flexibility index (Phi) is 5.45. The Morgan fingerprint density at radius 2 is 1.90 bits per heavy atom. The van der Waals surface area contributed by atoms with Crippen LogP contribution >= 0.6 is 11.8 Å². The number of nitrogens with one attached hydrogen (secondary N) is 2. The highest BCUT2D eigenvalue weighted by atomic mass is 32.2. The van der Waals surface area contributed by atoms with Crippen molar-refractivity contribution in [3.05, 3.63) is 54.0 Å². The third-order valence-corrected chi connectivity index (χ3v) is 3.55. The summed E-state index contributed by atoms with van der Waals surface area (Å²) in [7, 11) is 0. The molecule has 0 saturated carbocycles. The lowest BCUT2D eigenvalue weighted by atomic mass is 10.2. The van der Waals surface area contributed by atoms with Crippen LogP contribution in [0.3, 0.4) is 0 Å². The van der Waals surface area contributed by atoms with Crippen LogP contribution in [0.25, 0.3) is 0 Å². The standard InChI is InChI=1S/C15H16N2O3S/c1-21-13-6-4-11(5-7-13)15(19)17-10-14(18)16-9-12-3-2-8-20-12/h2-8H,9-10H2,1H3,(H,16,18)(H,17,19). The molecule has 0 atom stereocenters. The predicted octanol–water partition coefficient (Wildman–Crippen LogP) is 2.05. The maximum atomic E-state index is 11.9. The smallest absolute Gasteiger partial charge is 0.251 e. The topological polar surface area (TPSA) is 71.3 Å². The van der Waals surface area contributed by atoms with Crippen LogP contribution in [0.4, 0.5) is 0 Å². The minimum absolute atomic E-state index is 0.0657. The Morgan fingerprint density at radius 3 is 2.52 bits per heavy atom. The van der Waals surface area contributed by atoms with Gasteiger partial charge in [0, 0.05) is 10.5 Å². The molecule has 5 nitrogen and oxygen atoms in total. The van der Waals surface area contributed by atoms with Crippen LogP contribution in [0.2, 0.25) is 0 Å². The minimum Gasteiger partial charge on any atom is -0.467 e. The Morgan fingerprint density at radius 1 is 1.14 bits per heavy atom. The first kappa shape index (κ1) is 15.2. The molecule has 2 N–H and O–H groups in total. The lowest BCUT2D eigenvalue weighted by molar-refractivity contribution is -0.120. The van der Waals surface area contributed by atoms with E-state index in [2.05, 4.69) is 10.6 Å². The van der Waals surface area contributed by atoms with Crippen LogP contribution in [0.1, 0.15) is 16.1 Å². The second-order valence-electron chi connectivity index (χ2n) is 4.27. The maximum absolute atomic E-state index is 11.9. The van der Waals surface area contributed by atoms with Crippen LogP contribution in [0, 0.1) is 0 Å². The summed E-state index contributed by atoms with van der Waals surface area (Å²) in [6.45, 7) is 0.244. The molecular formula is C15H16N2O3S. The summed E-state index contributed by atoms with van der Waals surface area (Å²) in [5.74, 6) is 0.138. The highest BCUT2D eigenvalue weighted by Gasteiger charge is 2.08. The molecule has 2 amide bonds. The fourth-order valence-corrected chi connectivity index (χ4v) is 2.07. The number of hydrogen-bond donors (Lipinski definition) is 2. The van der Waals surface area contributed by atoms with Crippen LogP contribution in [-0.2, 0) is 11.3 Å². The van der Waals surface area contributed by atoms with Crippen molar-refractivity contribution in [2.45, 2.75) is 11.4 Å². The Hall–Kier alpha value is -2.21. The molecule has 0 aliphatic carbocycles. The number of hydrogen-bond acceptors (Lipinski definition) is 4. The van der Waals surface area contributed by atoms with Crippen LogP contribution in [0.15, 0.2) is 52.0 Å². The molecule has 1 heterocycles. The van der Waals surface area contributed by atoms with Crippen molar-refractivity contribution >= 4 is 23.6 Å². The molecule has 0 fully saturated rings. The van der Waals surface area contributed by atoms with Gasteiger partial charge in [0.05, 0.1) is 19.4 Å². The van der Waals surface area contributed by atoms with Gasteiger partial charge in [0.15, 0.2) is 0 Å². The highest BCUT2D eigenvalue weighted by molar-refractivity contribution is 7.98. The second kappa shape index (κ2) is 7.54. The van der Waals surface area contributed by atoms with Gasteiger partial charge in [-0.1, -0.05) is 0 Å². The normalized spacial score (nSPS) is 10.1. The molecule has 1 aromatic carbocycles. The Bertz CT molecular complexity index is 594. The first-order chi connectivity index (χ1) is 10.2. The van der Waals surface area contributed by atoms with Gasteiger partial charge in [0.1, 0.15) is 5.76 Å². The van der Waals surface area contributed by atoms with E-state index >= 15 is 0 Å². The van der Waals surface area contributed by atoms with Crippen molar-refractivity contribution < 1.29 is 14.0 Å². The maximum Gasteiger partial charge on any atom is 0.251 e. The molecule has 21 heavy (non-hydrogen) atoms. The van der Waals surface area contributed by atoms with E-state index in [9.17, 15) is 9.59 Å². The SMILES string of the molecule is CSc1ccc(C(=O)NCC(=O)NCc2ccco2)cc1. The van der Waals surface area contributed by atoms with Gasteiger partial charge in [0.2, 0.25) is 5.91 Å². The molecule has 0 bridgehead atoms. The van der Waals surface area contributed by atoms with Gasteiger partial charge < -0.3 is 15.1 Å². The molecule has 6 heteroatoms. The minimum atomic E-state index is -0.268. The zero-order chi connectivity index (χ0) is 15.1. The van der Waals surface area contributed by atoms with Crippen molar-refractivity contribution in [1.29, 1.82) is 0 Å². The third kappa shape index (κ3) is 4.68. The zero-order valence-corrected chi connectivity index (χ0v) is 12.4. The van der Waals surface area contributed by atoms with E-state index < -0.39 is 0 Å². The molecule has 0 radical (unpaired) electrons. The van der Waals surface area contributed by atoms with Crippen molar-refractivity contribution in [1.82, 2.24) is 10.6 Å². The monoisotopic (exact) mass is 304 g/mol. The van der Waals surface area contributed by atoms with E-state index in [0.717, 1.165) is 4.90 Å². The number of furan rings is 1. The molecule has 0 aliphatic rings. The van der Waals surface area contributed by atoms with Crippen LogP contribution in [-0.4, -0.2) is 24.6 Å². The van der Waals surface area contributed by atoms with Gasteiger partial charge in [-0.05, 0) is 42.7 Å². The Balaban J connectivity index is 1.76. The quantitative estimate of drug-likeness (QED) is 0.801. The number of carbonyl (C=O) groups is 2. The third-order valence-electron chi connectivity index (χ3n) is 2.80. The fourth-order valence-electron chi connectivity index (χ4n) is 1.67. The van der Waals surface area contributed by atoms with E-state index in [0.29, 0.717) is 17.9 Å². The molecule has 0 spiro atoms. The summed E-state index contributed by atoms with van der Waals surface area (Å²) in [6.07, 6.45) is 3.51. The Labute approximate surface area is 127 Å². The molecule has 0 unspecified atom stereocenters. The first-order valence-electron chi connectivity index (χ1n) is 6.40. The van der Waals surface area contributed by atoms with E-state index in [1.807, 2.05) is 18.4 Å². The summed E-state index contributed by atoms with van der Waals surface area (Å²) in [6, 6.07) is 10.7. The number of thioether (sulfide) groups is 1. The average molecular weight is 304 g/mol. The molecule has 1 aromatic heterocycles. The van der Waals surface area contributed by atoms with E-state index in [4.69, 9.17) is 4.42 Å². The lowest BCUT2D eigenvalue weighted by Gasteiger charge is -2.06. The second-order valence-corrected chi connectivity index (χ2v) is 5.15. The lowest BCUT2D eigenvalue weighted by Crippen LogP contribution is -2.36. The average Bonchev–Trinajstić information content (AvgIpc) is 3.04. The molecule has 2 aromatic rings. The van der Waals surface area contributed by atoms with Crippen molar-refractivity contribution in [3.63, 3.8) is 0 Å². The van der Waals surface area contributed by atoms with Gasteiger partial charge in [0.25, 0.3) is 5.91 Å². The fraction of sp³-hybridized carbons (Fsp3) is 0.200. The van der Waals surface area contributed by atoms with Gasteiger partial charge in [-0.15, -0.1) is 11.8 Å². The van der Waals surface area contributed by atoms with Gasteiger partial charge in [-0.25, -0.2) is 0 Å². The van der Waals surface area contributed by atoms with E-state index in [1.165, 1.54) is 0 Å². The highest BCUT2D eigenvalue weighted by Crippen LogP contribution is 2.14. The van der Waals surface area contributed by atoms with Crippen molar-refractivity contribution in [2.24, 2.45) is 0 Å². The number of benzene rings is 1. The summed E-state index contributed by atoms with van der Waals surface area (Å²) in [5, 5.41) is 5.24. The molecule has 2 rings (SSSR count). The number of amides is 2. The summed E-state index contributed by atoms with van der Waals surface area (Å²) in [4.78, 5) is 24.6. The summed E-state index contributed by atoms with van der Waals surface area (Å²) < 4.78 is 5.10. The van der Waals surface area contributed by atoms with Crippen LogP contribution < -0.4 is 10.6 Å².